The molecule has 2 N–H and O–H groups in total. The van der Waals surface area contributed by atoms with Gasteiger partial charge in [-0.05, 0) is 42.1 Å². The molecule has 0 aliphatic carbocycles. The van der Waals surface area contributed by atoms with Crippen molar-refractivity contribution >= 4 is 16.7 Å². The molecule has 1 heterocycles. The molecular weight excluding hydrogens is 260 g/mol. The number of carbonyl (C=O) groups is 1. The molecule has 2 aromatic rings. The van der Waals surface area contributed by atoms with Crippen molar-refractivity contribution in [2.45, 2.75) is 32.4 Å². The molecule has 0 radical (unpaired) electrons. The molecule has 3 unspecified atom stereocenters. The molecule has 110 valence electrons. The Balaban J connectivity index is 1.81. The zero-order valence-electron chi connectivity index (χ0n) is 12.6. The fourth-order valence-electron chi connectivity index (χ4n) is 3.19. The minimum Gasteiger partial charge on any atom is -0.348 e. The molecule has 1 aliphatic heterocycles. The minimum atomic E-state index is -0.0533. The molecule has 0 aromatic heterocycles. The molecule has 3 nitrogen and oxygen atoms in total. The molecule has 1 aliphatic rings. The van der Waals surface area contributed by atoms with Gasteiger partial charge in [0.2, 0.25) is 5.91 Å². The summed E-state index contributed by atoms with van der Waals surface area (Å²) in [5.41, 5.74) is 1.17. The van der Waals surface area contributed by atoms with E-state index in [4.69, 9.17) is 0 Å². The minimum absolute atomic E-state index is 0.0122. The number of benzene rings is 2. The number of amides is 1. The average molecular weight is 282 g/mol. The van der Waals surface area contributed by atoms with Gasteiger partial charge < -0.3 is 10.6 Å². The first-order valence-corrected chi connectivity index (χ1v) is 7.68. The topological polar surface area (TPSA) is 41.1 Å². The summed E-state index contributed by atoms with van der Waals surface area (Å²) in [4.78, 5) is 12.4. The first kappa shape index (κ1) is 14.1. The number of nitrogens with one attached hydrogen (secondary N) is 2. The van der Waals surface area contributed by atoms with E-state index in [1.54, 1.807) is 0 Å². The second kappa shape index (κ2) is 5.86. The Bertz CT molecular complexity index is 647. The SMILES string of the molecule is CC(NC(=O)C1NCCC1C)c1cccc2ccccc12. The first-order valence-electron chi connectivity index (χ1n) is 7.68. The van der Waals surface area contributed by atoms with Gasteiger partial charge in [-0.3, -0.25) is 4.79 Å². The Kier molecular flexibility index (Phi) is 3.93. The molecule has 21 heavy (non-hydrogen) atoms. The third kappa shape index (κ3) is 2.79. The van der Waals surface area contributed by atoms with Gasteiger partial charge in [0.05, 0.1) is 12.1 Å². The van der Waals surface area contributed by atoms with Gasteiger partial charge in [-0.1, -0.05) is 49.4 Å². The molecule has 0 spiro atoms. The first-order chi connectivity index (χ1) is 10.2. The van der Waals surface area contributed by atoms with Crippen LogP contribution in [-0.4, -0.2) is 18.5 Å². The van der Waals surface area contributed by atoms with Gasteiger partial charge in [-0.25, -0.2) is 0 Å². The predicted octanol–water partition coefficient (Wildman–Crippen LogP) is 3.02. The standard InChI is InChI=1S/C18H22N2O/c1-12-10-11-19-17(12)18(21)20-13(2)15-9-5-7-14-6-3-4-8-16(14)15/h3-9,12-13,17,19H,10-11H2,1-2H3,(H,20,21). The highest BCUT2D eigenvalue weighted by Crippen LogP contribution is 2.24. The Morgan fingerprint density at radius 3 is 2.76 bits per heavy atom. The van der Waals surface area contributed by atoms with E-state index in [2.05, 4.69) is 54.8 Å². The largest absolute Gasteiger partial charge is 0.348 e. The third-order valence-electron chi connectivity index (χ3n) is 4.46. The molecule has 1 fully saturated rings. The van der Waals surface area contributed by atoms with Crippen LogP contribution >= 0.6 is 0 Å². The van der Waals surface area contributed by atoms with Gasteiger partial charge in [0.15, 0.2) is 0 Å². The van der Waals surface area contributed by atoms with Crippen molar-refractivity contribution in [2.75, 3.05) is 6.54 Å². The van der Waals surface area contributed by atoms with Crippen LogP contribution in [0.4, 0.5) is 0 Å². The number of hydrogen-bond donors (Lipinski definition) is 2. The van der Waals surface area contributed by atoms with Crippen molar-refractivity contribution in [1.82, 2.24) is 10.6 Å². The average Bonchev–Trinajstić information content (AvgIpc) is 2.92. The second-order valence-corrected chi connectivity index (χ2v) is 6.00. The molecule has 3 heteroatoms. The van der Waals surface area contributed by atoms with Crippen LogP contribution in [0, 0.1) is 5.92 Å². The molecule has 0 saturated carbocycles. The van der Waals surface area contributed by atoms with Gasteiger partial charge in [0.25, 0.3) is 0 Å². The predicted molar refractivity (Wildman–Crippen MR) is 86.1 cm³/mol. The maximum Gasteiger partial charge on any atom is 0.237 e. The lowest BCUT2D eigenvalue weighted by atomic mass is 9.98. The third-order valence-corrected chi connectivity index (χ3v) is 4.46. The highest BCUT2D eigenvalue weighted by molar-refractivity contribution is 5.87. The summed E-state index contributed by atoms with van der Waals surface area (Å²) in [6.07, 6.45) is 1.07. The maximum atomic E-state index is 12.4. The number of fused-ring (bicyclic) bond motifs is 1. The zero-order valence-corrected chi connectivity index (χ0v) is 12.6. The van der Waals surface area contributed by atoms with Gasteiger partial charge in [0.1, 0.15) is 0 Å². The van der Waals surface area contributed by atoms with Crippen LogP contribution in [0.15, 0.2) is 42.5 Å². The van der Waals surface area contributed by atoms with Gasteiger partial charge in [0, 0.05) is 0 Å². The van der Waals surface area contributed by atoms with E-state index in [1.807, 2.05) is 12.1 Å². The quantitative estimate of drug-likeness (QED) is 0.908. The Morgan fingerprint density at radius 1 is 1.24 bits per heavy atom. The van der Waals surface area contributed by atoms with Crippen LogP contribution < -0.4 is 10.6 Å². The van der Waals surface area contributed by atoms with Crippen molar-refractivity contribution in [1.29, 1.82) is 0 Å². The summed E-state index contributed by atoms with van der Waals surface area (Å²) < 4.78 is 0. The fraction of sp³-hybridized carbons (Fsp3) is 0.389. The molecular formula is C18H22N2O. The van der Waals surface area contributed by atoms with Crippen LogP contribution in [-0.2, 0) is 4.79 Å². The van der Waals surface area contributed by atoms with E-state index in [1.165, 1.54) is 16.3 Å². The van der Waals surface area contributed by atoms with E-state index < -0.39 is 0 Å². The maximum absolute atomic E-state index is 12.4. The molecule has 2 aromatic carbocycles. The van der Waals surface area contributed by atoms with Crippen LogP contribution in [0.2, 0.25) is 0 Å². The van der Waals surface area contributed by atoms with E-state index >= 15 is 0 Å². The Morgan fingerprint density at radius 2 is 2.00 bits per heavy atom. The molecule has 1 amide bonds. The second-order valence-electron chi connectivity index (χ2n) is 6.00. The van der Waals surface area contributed by atoms with Crippen LogP contribution in [0.1, 0.15) is 31.9 Å². The smallest absolute Gasteiger partial charge is 0.237 e. The zero-order chi connectivity index (χ0) is 14.8. The Labute approximate surface area is 125 Å². The van der Waals surface area contributed by atoms with Gasteiger partial charge in [-0.2, -0.15) is 0 Å². The van der Waals surface area contributed by atoms with Gasteiger partial charge >= 0.3 is 0 Å². The van der Waals surface area contributed by atoms with E-state index in [0.29, 0.717) is 5.92 Å². The van der Waals surface area contributed by atoms with Crippen molar-refractivity contribution < 1.29 is 4.79 Å². The highest BCUT2D eigenvalue weighted by Gasteiger charge is 2.30. The lowest BCUT2D eigenvalue weighted by Gasteiger charge is -2.21. The molecule has 0 bridgehead atoms. The summed E-state index contributed by atoms with van der Waals surface area (Å²) in [6, 6.07) is 14.5. The molecule has 3 rings (SSSR count). The fourth-order valence-corrected chi connectivity index (χ4v) is 3.19. The molecule has 1 saturated heterocycles. The van der Waals surface area contributed by atoms with Crippen LogP contribution in [0.5, 0.6) is 0 Å². The number of rotatable bonds is 3. The lowest BCUT2D eigenvalue weighted by molar-refractivity contribution is -0.124. The summed E-state index contributed by atoms with van der Waals surface area (Å²) in [5.74, 6) is 0.519. The van der Waals surface area contributed by atoms with Crippen molar-refractivity contribution in [3.05, 3.63) is 48.0 Å². The van der Waals surface area contributed by atoms with Crippen molar-refractivity contribution in [3.8, 4) is 0 Å². The van der Waals surface area contributed by atoms with Crippen LogP contribution in [0.25, 0.3) is 10.8 Å². The normalized spacial score (nSPS) is 23.1. The summed E-state index contributed by atoms with van der Waals surface area (Å²) in [7, 11) is 0. The van der Waals surface area contributed by atoms with Crippen molar-refractivity contribution in [2.24, 2.45) is 5.92 Å². The van der Waals surface area contributed by atoms with Crippen molar-refractivity contribution in [3.63, 3.8) is 0 Å². The lowest BCUT2D eigenvalue weighted by Crippen LogP contribution is -2.44. The molecule has 3 atom stereocenters. The summed E-state index contributed by atoms with van der Waals surface area (Å²) in [6.45, 7) is 5.12. The van der Waals surface area contributed by atoms with Crippen LogP contribution in [0.3, 0.4) is 0 Å². The Hall–Kier alpha value is -1.87. The van der Waals surface area contributed by atoms with Gasteiger partial charge in [-0.15, -0.1) is 0 Å². The summed E-state index contributed by atoms with van der Waals surface area (Å²) in [5, 5.41) is 8.87. The monoisotopic (exact) mass is 282 g/mol. The van der Waals surface area contributed by atoms with E-state index in [9.17, 15) is 4.79 Å². The summed E-state index contributed by atoms with van der Waals surface area (Å²) >= 11 is 0. The highest BCUT2D eigenvalue weighted by atomic mass is 16.2. The number of carbonyl (C=O) groups excluding carboxylic acids is 1. The number of hydrogen-bond acceptors (Lipinski definition) is 2. The van der Waals surface area contributed by atoms with E-state index in [-0.39, 0.29) is 18.0 Å². The van der Waals surface area contributed by atoms with E-state index in [0.717, 1.165) is 13.0 Å².